The number of thioether (sulfide) groups is 1. The van der Waals surface area contributed by atoms with E-state index in [-0.39, 0.29) is 17.1 Å². The van der Waals surface area contributed by atoms with Crippen LogP contribution in [0.4, 0.5) is 16.6 Å². The standard InChI is InChI=1S/C21H21N7O4S/c1-28(8-9-29)17-11-12(10-15-19(31)27-21(32)33-15)23-20(26-17)22-7-6-16-24-14-5-3-2-4-13(14)18(30)25-16/h2-5,10-11,29H,6-9H2,1H3,(H,22,23,26)(H,24,25,30)(H,27,31,32)/b15-10-. The van der Waals surface area contributed by atoms with Crippen LogP contribution in [0.1, 0.15) is 11.5 Å². The first-order valence-corrected chi connectivity index (χ1v) is 10.9. The lowest BCUT2D eigenvalue weighted by atomic mass is 10.2. The number of rotatable bonds is 8. The third kappa shape index (κ3) is 5.35. The molecule has 0 aliphatic carbocycles. The van der Waals surface area contributed by atoms with Gasteiger partial charge in [-0.3, -0.25) is 19.7 Å². The molecule has 0 bridgehead atoms. The van der Waals surface area contributed by atoms with Crippen molar-refractivity contribution < 1.29 is 14.7 Å². The Labute approximate surface area is 192 Å². The quantitative estimate of drug-likeness (QED) is 0.354. The molecule has 3 heterocycles. The van der Waals surface area contributed by atoms with Crippen LogP contribution in [0.25, 0.3) is 17.0 Å². The van der Waals surface area contributed by atoms with Crippen molar-refractivity contribution in [1.82, 2.24) is 25.3 Å². The maximum Gasteiger partial charge on any atom is 0.290 e. The highest BCUT2D eigenvalue weighted by Gasteiger charge is 2.25. The molecule has 2 aromatic heterocycles. The summed E-state index contributed by atoms with van der Waals surface area (Å²) in [5.41, 5.74) is 0.850. The van der Waals surface area contributed by atoms with E-state index in [0.717, 1.165) is 11.8 Å². The van der Waals surface area contributed by atoms with E-state index in [1.54, 1.807) is 36.2 Å². The third-order valence-electron chi connectivity index (χ3n) is 4.79. The van der Waals surface area contributed by atoms with Crippen LogP contribution in [0.3, 0.4) is 0 Å². The van der Waals surface area contributed by atoms with Crippen LogP contribution in [0.2, 0.25) is 0 Å². The van der Waals surface area contributed by atoms with Crippen molar-refractivity contribution in [2.75, 3.05) is 37.0 Å². The fourth-order valence-electron chi connectivity index (χ4n) is 3.17. The molecule has 0 unspecified atom stereocenters. The maximum atomic E-state index is 12.2. The Morgan fingerprint density at radius 2 is 2.00 bits per heavy atom. The van der Waals surface area contributed by atoms with Gasteiger partial charge in [-0.15, -0.1) is 0 Å². The average molecular weight is 468 g/mol. The summed E-state index contributed by atoms with van der Waals surface area (Å²) in [6, 6.07) is 8.78. The predicted molar refractivity (Wildman–Crippen MR) is 126 cm³/mol. The van der Waals surface area contributed by atoms with Crippen molar-refractivity contribution in [3.63, 3.8) is 0 Å². The lowest BCUT2D eigenvalue weighted by Crippen LogP contribution is -2.23. The molecule has 1 aliphatic rings. The van der Waals surface area contributed by atoms with Gasteiger partial charge in [0.15, 0.2) is 0 Å². The van der Waals surface area contributed by atoms with Crippen LogP contribution >= 0.6 is 11.8 Å². The number of aromatic nitrogens is 4. The van der Waals surface area contributed by atoms with Crippen LogP contribution in [0.15, 0.2) is 40.0 Å². The van der Waals surface area contributed by atoms with E-state index in [1.807, 2.05) is 6.07 Å². The monoisotopic (exact) mass is 467 g/mol. The molecule has 11 nitrogen and oxygen atoms in total. The Kier molecular flexibility index (Phi) is 6.66. The molecule has 1 saturated heterocycles. The zero-order chi connectivity index (χ0) is 23.4. The Balaban J connectivity index is 1.54. The van der Waals surface area contributed by atoms with Crippen molar-refractivity contribution in [3.8, 4) is 0 Å². The molecule has 170 valence electrons. The normalized spacial score (nSPS) is 14.7. The number of aromatic amines is 1. The number of amides is 2. The van der Waals surface area contributed by atoms with Gasteiger partial charge in [0.25, 0.3) is 16.7 Å². The average Bonchev–Trinajstić information content (AvgIpc) is 3.10. The number of nitrogens with one attached hydrogen (secondary N) is 3. The smallest absolute Gasteiger partial charge is 0.290 e. The zero-order valence-electron chi connectivity index (χ0n) is 17.7. The number of hydrogen-bond acceptors (Lipinski definition) is 10. The highest BCUT2D eigenvalue weighted by Crippen LogP contribution is 2.26. The second-order valence-electron chi connectivity index (χ2n) is 7.18. The van der Waals surface area contributed by atoms with E-state index in [9.17, 15) is 19.5 Å². The van der Waals surface area contributed by atoms with E-state index in [2.05, 4.69) is 30.6 Å². The molecule has 33 heavy (non-hydrogen) atoms. The van der Waals surface area contributed by atoms with Crippen molar-refractivity contribution in [2.45, 2.75) is 6.42 Å². The fourth-order valence-corrected chi connectivity index (χ4v) is 3.83. The Morgan fingerprint density at radius 1 is 1.18 bits per heavy atom. The van der Waals surface area contributed by atoms with Gasteiger partial charge in [0, 0.05) is 32.6 Å². The fraction of sp³-hybridized carbons (Fsp3) is 0.238. The van der Waals surface area contributed by atoms with Crippen LogP contribution in [-0.4, -0.2) is 62.9 Å². The largest absolute Gasteiger partial charge is 0.395 e. The molecule has 0 spiro atoms. The maximum absolute atomic E-state index is 12.2. The Morgan fingerprint density at radius 3 is 2.76 bits per heavy atom. The van der Waals surface area contributed by atoms with Crippen LogP contribution in [0, 0.1) is 0 Å². The molecular formula is C21H21N7O4S. The number of aliphatic hydroxyl groups excluding tert-OH is 1. The van der Waals surface area contributed by atoms with E-state index < -0.39 is 11.1 Å². The number of carbonyl (C=O) groups is 2. The van der Waals surface area contributed by atoms with E-state index in [4.69, 9.17) is 0 Å². The van der Waals surface area contributed by atoms with Gasteiger partial charge in [0.05, 0.1) is 28.1 Å². The lowest BCUT2D eigenvalue weighted by Gasteiger charge is -2.18. The molecule has 0 atom stereocenters. The summed E-state index contributed by atoms with van der Waals surface area (Å²) in [5, 5.41) is 14.7. The van der Waals surface area contributed by atoms with Crippen LogP contribution < -0.4 is 21.1 Å². The number of nitrogens with zero attached hydrogens (tertiary/aromatic N) is 4. The summed E-state index contributed by atoms with van der Waals surface area (Å²) >= 11 is 0.801. The van der Waals surface area contributed by atoms with Gasteiger partial charge in [-0.05, 0) is 30.0 Å². The number of para-hydroxylation sites is 1. The van der Waals surface area contributed by atoms with Gasteiger partial charge in [0.2, 0.25) is 5.95 Å². The van der Waals surface area contributed by atoms with Gasteiger partial charge < -0.3 is 20.3 Å². The summed E-state index contributed by atoms with van der Waals surface area (Å²) < 4.78 is 0. The molecule has 1 aliphatic heterocycles. The molecule has 1 aromatic carbocycles. The van der Waals surface area contributed by atoms with Crippen molar-refractivity contribution in [3.05, 3.63) is 57.1 Å². The Bertz CT molecular complexity index is 1310. The van der Waals surface area contributed by atoms with Crippen molar-refractivity contribution in [2.24, 2.45) is 0 Å². The summed E-state index contributed by atoms with van der Waals surface area (Å²) in [4.78, 5) is 53.7. The van der Waals surface area contributed by atoms with Crippen molar-refractivity contribution in [1.29, 1.82) is 0 Å². The molecule has 4 rings (SSSR count). The first kappa shape index (κ1) is 22.4. The number of imide groups is 1. The topological polar surface area (TPSA) is 153 Å². The molecule has 2 amide bonds. The van der Waals surface area contributed by atoms with Gasteiger partial charge in [-0.2, -0.15) is 4.98 Å². The highest BCUT2D eigenvalue weighted by molar-refractivity contribution is 8.18. The molecule has 0 radical (unpaired) electrons. The van der Waals surface area contributed by atoms with E-state index >= 15 is 0 Å². The Hall–Kier alpha value is -3.77. The first-order chi connectivity index (χ1) is 15.9. The summed E-state index contributed by atoms with van der Waals surface area (Å²) in [6.07, 6.45) is 1.93. The molecular weight excluding hydrogens is 446 g/mol. The van der Waals surface area contributed by atoms with Gasteiger partial charge in [0.1, 0.15) is 11.6 Å². The number of fused-ring (bicyclic) bond motifs is 1. The van der Waals surface area contributed by atoms with E-state index in [0.29, 0.717) is 53.7 Å². The zero-order valence-corrected chi connectivity index (χ0v) is 18.5. The van der Waals surface area contributed by atoms with E-state index in [1.165, 1.54) is 6.08 Å². The minimum atomic E-state index is -0.477. The predicted octanol–water partition coefficient (Wildman–Crippen LogP) is 1.12. The molecule has 1 fully saturated rings. The molecule has 12 heteroatoms. The molecule has 0 saturated carbocycles. The summed E-state index contributed by atoms with van der Waals surface area (Å²) in [7, 11) is 1.77. The van der Waals surface area contributed by atoms with Crippen LogP contribution in [0.5, 0.6) is 0 Å². The SMILES string of the molecule is CN(CCO)c1cc(/C=C2\SC(=O)NC2=O)nc(NCCc2nc3ccccc3c(=O)[nH]2)n1. The number of anilines is 2. The van der Waals surface area contributed by atoms with Gasteiger partial charge in [-0.1, -0.05) is 12.1 Å². The summed E-state index contributed by atoms with van der Waals surface area (Å²) in [6.45, 7) is 0.675. The third-order valence-corrected chi connectivity index (χ3v) is 5.60. The van der Waals surface area contributed by atoms with Crippen LogP contribution in [-0.2, 0) is 11.2 Å². The number of hydrogen-bond donors (Lipinski definition) is 4. The minimum absolute atomic E-state index is 0.0621. The number of likely N-dealkylation sites (N-methyl/N-ethyl adjacent to an activating group) is 1. The molecule has 3 aromatic rings. The number of benzene rings is 1. The lowest BCUT2D eigenvalue weighted by molar-refractivity contribution is -0.115. The van der Waals surface area contributed by atoms with Crippen molar-refractivity contribution >= 4 is 51.7 Å². The summed E-state index contributed by atoms with van der Waals surface area (Å²) in [5.74, 6) is 0.872. The van der Waals surface area contributed by atoms with Gasteiger partial charge >= 0.3 is 0 Å². The highest BCUT2D eigenvalue weighted by atomic mass is 32.2. The number of aliphatic hydroxyl groups is 1. The second-order valence-corrected chi connectivity index (χ2v) is 8.19. The first-order valence-electron chi connectivity index (χ1n) is 10.1. The number of H-pyrrole nitrogens is 1. The second kappa shape index (κ2) is 9.79. The van der Waals surface area contributed by atoms with Gasteiger partial charge in [-0.25, -0.2) is 9.97 Å². The number of carbonyl (C=O) groups excluding carboxylic acids is 2. The minimum Gasteiger partial charge on any atom is -0.395 e. The molecule has 4 N–H and O–H groups in total.